The van der Waals surface area contributed by atoms with Gasteiger partial charge in [-0.25, -0.2) is 13.2 Å². The van der Waals surface area contributed by atoms with Crippen LogP contribution in [0.15, 0.2) is 36.4 Å². The second-order valence-electron chi connectivity index (χ2n) is 6.92. The second kappa shape index (κ2) is 9.17. The number of anilines is 2. The highest BCUT2D eigenvalue weighted by atomic mass is 32.2. The Balaban J connectivity index is 2.44. The standard InChI is InChI=1S/C21H26N2O6S/c1-13-7-10-19(28-4)18(11-13)23(30(6,26)27)15(3)20(24)22-17-12-16(21(25)29-5)9-8-14(17)2/h7-12,15H,1-6H3,(H,22,24). The van der Waals surface area contributed by atoms with Gasteiger partial charge in [0.25, 0.3) is 0 Å². The minimum Gasteiger partial charge on any atom is -0.495 e. The Labute approximate surface area is 176 Å². The fraction of sp³-hybridized carbons (Fsp3) is 0.333. The number of sulfonamides is 1. The Bertz CT molecular complexity index is 1070. The van der Waals surface area contributed by atoms with E-state index in [9.17, 15) is 18.0 Å². The van der Waals surface area contributed by atoms with Crippen LogP contribution in [0, 0.1) is 13.8 Å². The number of esters is 1. The number of aryl methyl sites for hydroxylation is 2. The number of nitrogens with zero attached hydrogens (tertiary/aromatic N) is 1. The minimum absolute atomic E-state index is 0.266. The van der Waals surface area contributed by atoms with Gasteiger partial charge in [0.2, 0.25) is 15.9 Å². The van der Waals surface area contributed by atoms with Crippen molar-refractivity contribution in [3.63, 3.8) is 0 Å². The molecule has 2 rings (SSSR count). The van der Waals surface area contributed by atoms with E-state index < -0.39 is 27.9 Å². The SMILES string of the molecule is COC(=O)c1ccc(C)c(NC(=O)C(C)N(c2cc(C)ccc2OC)S(C)(=O)=O)c1. The summed E-state index contributed by atoms with van der Waals surface area (Å²) in [6.07, 6.45) is 1.03. The van der Waals surface area contributed by atoms with Crippen LogP contribution in [0.1, 0.15) is 28.4 Å². The van der Waals surface area contributed by atoms with Crippen molar-refractivity contribution in [1.82, 2.24) is 0 Å². The van der Waals surface area contributed by atoms with Crippen LogP contribution >= 0.6 is 0 Å². The average Bonchev–Trinajstić information content (AvgIpc) is 2.68. The van der Waals surface area contributed by atoms with Crippen molar-refractivity contribution in [2.75, 3.05) is 30.1 Å². The normalized spacial score (nSPS) is 12.1. The number of hydrogen-bond acceptors (Lipinski definition) is 6. The predicted molar refractivity (Wildman–Crippen MR) is 116 cm³/mol. The van der Waals surface area contributed by atoms with Gasteiger partial charge in [-0.2, -0.15) is 0 Å². The molecule has 0 aliphatic rings. The molecule has 162 valence electrons. The Hall–Kier alpha value is -3.07. The van der Waals surface area contributed by atoms with Gasteiger partial charge in [0, 0.05) is 5.69 Å². The highest BCUT2D eigenvalue weighted by Gasteiger charge is 2.31. The van der Waals surface area contributed by atoms with Crippen LogP contribution in [0.25, 0.3) is 0 Å². The molecule has 30 heavy (non-hydrogen) atoms. The molecule has 0 fully saturated rings. The summed E-state index contributed by atoms with van der Waals surface area (Å²) in [5.74, 6) is -0.774. The van der Waals surface area contributed by atoms with Crippen LogP contribution in [0.2, 0.25) is 0 Å². The van der Waals surface area contributed by atoms with Crippen LogP contribution in [0.5, 0.6) is 5.75 Å². The smallest absolute Gasteiger partial charge is 0.337 e. The number of ether oxygens (including phenoxy) is 2. The van der Waals surface area contributed by atoms with Crippen LogP contribution in [-0.2, 0) is 19.6 Å². The summed E-state index contributed by atoms with van der Waals surface area (Å²) in [5, 5.41) is 2.71. The summed E-state index contributed by atoms with van der Waals surface area (Å²) >= 11 is 0. The van der Waals surface area contributed by atoms with E-state index in [1.54, 1.807) is 37.3 Å². The maximum absolute atomic E-state index is 13.0. The van der Waals surface area contributed by atoms with Crippen molar-refractivity contribution in [2.24, 2.45) is 0 Å². The quantitative estimate of drug-likeness (QED) is 0.673. The molecule has 1 atom stereocenters. The average molecular weight is 435 g/mol. The summed E-state index contributed by atoms with van der Waals surface area (Å²) in [4.78, 5) is 24.8. The largest absolute Gasteiger partial charge is 0.495 e. The zero-order valence-corrected chi connectivity index (χ0v) is 18.7. The van der Waals surface area contributed by atoms with Gasteiger partial charge in [0.15, 0.2) is 0 Å². The summed E-state index contributed by atoms with van der Waals surface area (Å²) in [7, 11) is -1.12. The summed E-state index contributed by atoms with van der Waals surface area (Å²) in [5.41, 5.74) is 2.45. The number of methoxy groups -OCH3 is 2. The van der Waals surface area contributed by atoms with Gasteiger partial charge < -0.3 is 14.8 Å². The molecule has 0 spiro atoms. The lowest BCUT2D eigenvalue weighted by Crippen LogP contribution is -2.45. The molecule has 0 radical (unpaired) electrons. The van der Waals surface area contributed by atoms with E-state index in [4.69, 9.17) is 9.47 Å². The molecule has 0 saturated carbocycles. The number of benzene rings is 2. The first-order chi connectivity index (χ1) is 14.0. The third-order valence-corrected chi connectivity index (χ3v) is 5.80. The van der Waals surface area contributed by atoms with E-state index in [1.165, 1.54) is 27.2 Å². The van der Waals surface area contributed by atoms with Gasteiger partial charge in [-0.1, -0.05) is 12.1 Å². The molecule has 0 saturated heterocycles. The Morgan fingerprint density at radius 3 is 2.30 bits per heavy atom. The number of nitrogens with one attached hydrogen (secondary N) is 1. The zero-order chi connectivity index (χ0) is 22.6. The van der Waals surface area contributed by atoms with Crippen molar-refractivity contribution in [1.29, 1.82) is 0 Å². The van der Waals surface area contributed by atoms with E-state index in [0.717, 1.165) is 16.1 Å². The van der Waals surface area contributed by atoms with Crippen LogP contribution in [0.4, 0.5) is 11.4 Å². The first kappa shape index (κ1) is 23.2. The van der Waals surface area contributed by atoms with Gasteiger partial charge in [-0.3, -0.25) is 9.10 Å². The van der Waals surface area contributed by atoms with Crippen molar-refractivity contribution in [2.45, 2.75) is 26.8 Å². The van der Waals surface area contributed by atoms with Crippen LogP contribution < -0.4 is 14.4 Å². The Morgan fingerprint density at radius 2 is 1.73 bits per heavy atom. The number of amides is 1. The third kappa shape index (κ3) is 5.10. The molecule has 0 aromatic heterocycles. The Kier molecular flexibility index (Phi) is 7.09. The molecule has 2 aromatic rings. The van der Waals surface area contributed by atoms with Crippen molar-refractivity contribution in [3.05, 3.63) is 53.1 Å². The lowest BCUT2D eigenvalue weighted by molar-refractivity contribution is -0.116. The fourth-order valence-corrected chi connectivity index (χ4v) is 4.16. The summed E-state index contributed by atoms with van der Waals surface area (Å²) in [6.45, 7) is 5.06. The molecule has 0 aliphatic carbocycles. The molecule has 0 heterocycles. The summed E-state index contributed by atoms with van der Waals surface area (Å²) < 4.78 is 36.2. The van der Waals surface area contributed by atoms with Crippen molar-refractivity contribution in [3.8, 4) is 5.75 Å². The molecular weight excluding hydrogens is 408 g/mol. The van der Waals surface area contributed by atoms with Gasteiger partial charge in [-0.15, -0.1) is 0 Å². The van der Waals surface area contributed by atoms with E-state index in [2.05, 4.69) is 5.32 Å². The van der Waals surface area contributed by atoms with Gasteiger partial charge >= 0.3 is 5.97 Å². The molecule has 0 bridgehead atoms. The van der Waals surface area contributed by atoms with E-state index in [0.29, 0.717) is 17.0 Å². The van der Waals surface area contributed by atoms with E-state index in [1.807, 2.05) is 6.92 Å². The highest BCUT2D eigenvalue weighted by molar-refractivity contribution is 7.92. The first-order valence-corrected chi connectivity index (χ1v) is 11.0. The van der Waals surface area contributed by atoms with Gasteiger partial charge in [0.1, 0.15) is 11.8 Å². The minimum atomic E-state index is -3.82. The summed E-state index contributed by atoms with van der Waals surface area (Å²) in [6, 6.07) is 8.74. The lowest BCUT2D eigenvalue weighted by atomic mass is 10.1. The second-order valence-corrected chi connectivity index (χ2v) is 8.78. The molecule has 8 nitrogen and oxygen atoms in total. The van der Waals surface area contributed by atoms with Crippen molar-refractivity contribution < 1.29 is 27.5 Å². The van der Waals surface area contributed by atoms with Gasteiger partial charge in [-0.05, 0) is 56.2 Å². The predicted octanol–water partition coefficient (Wildman–Crippen LogP) is 2.89. The molecular formula is C21H26N2O6S. The monoisotopic (exact) mass is 434 g/mol. The lowest BCUT2D eigenvalue weighted by Gasteiger charge is -2.29. The number of carbonyl (C=O) groups excluding carboxylic acids is 2. The maximum atomic E-state index is 13.0. The van der Waals surface area contributed by atoms with Crippen LogP contribution in [-0.4, -0.2) is 46.8 Å². The number of rotatable bonds is 7. The maximum Gasteiger partial charge on any atom is 0.337 e. The van der Waals surface area contributed by atoms with E-state index in [-0.39, 0.29) is 11.3 Å². The topological polar surface area (TPSA) is 102 Å². The highest BCUT2D eigenvalue weighted by Crippen LogP contribution is 2.33. The molecule has 0 aliphatic heterocycles. The van der Waals surface area contributed by atoms with Gasteiger partial charge in [0.05, 0.1) is 31.7 Å². The third-order valence-electron chi connectivity index (χ3n) is 4.58. The number of carbonyl (C=O) groups is 2. The molecule has 1 amide bonds. The van der Waals surface area contributed by atoms with Crippen LogP contribution in [0.3, 0.4) is 0 Å². The zero-order valence-electron chi connectivity index (χ0n) is 17.8. The Morgan fingerprint density at radius 1 is 1.07 bits per heavy atom. The van der Waals surface area contributed by atoms with Crippen molar-refractivity contribution >= 4 is 33.3 Å². The molecule has 1 unspecified atom stereocenters. The molecule has 2 aromatic carbocycles. The first-order valence-electron chi connectivity index (χ1n) is 9.13. The number of hydrogen-bond donors (Lipinski definition) is 1. The van der Waals surface area contributed by atoms with E-state index >= 15 is 0 Å². The molecule has 1 N–H and O–H groups in total. The fourth-order valence-electron chi connectivity index (χ4n) is 2.99. The molecule has 9 heteroatoms.